The molecule has 0 spiro atoms. The summed E-state index contributed by atoms with van der Waals surface area (Å²) in [6.45, 7) is 3.30. The summed E-state index contributed by atoms with van der Waals surface area (Å²) in [5, 5.41) is 14.1. The lowest BCUT2D eigenvalue weighted by atomic mass is 10.1. The lowest BCUT2D eigenvalue weighted by Gasteiger charge is -2.26. The molecule has 0 aliphatic carbocycles. The Morgan fingerprint density at radius 1 is 1.43 bits per heavy atom. The number of carbonyl (C=O) groups is 1. The summed E-state index contributed by atoms with van der Waals surface area (Å²) in [6, 6.07) is 4.44. The number of hydrogen-bond acceptors (Lipinski definition) is 5. The van der Waals surface area contributed by atoms with Crippen LogP contribution in [0.3, 0.4) is 0 Å². The van der Waals surface area contributed by atoms with E-state index in [4.69, 9.17) is 0 Å². The van der Waals surface area contributed by atoms with Gasteiger partial charge < -0.3 is 10.2 Å². The molecule has 0 bridgehead atoms. The van der Waals surface area contributed by atoms with Crippen LogP contribution in [0.15, 0.2) is 18.2 Å². The molecule has 1 aromatic carbocycles. The van der Waals surface area contributed by atoms with E-state index in [9.17, 15) is 19.1 Å². The molecule has 1 aromatic rings. The van der Waals surface area contributed by atoms with Gasteiger partial charge in [-0.1, -0.05) is 0 Å². The average Bonchev–Trinajstić information content (AvgIpc) is 2.47. The molecule has 1 N–H and O–H groups in total. The van der Waals surface area contributed by atoms with Gasteiger partial charge in [0.1, 0.15) is 5.56 Å². The summed E-state index contributed by atoms with van der Waals surface area (Å²) in [7, 11) is -0.896. The van der Waals surface area contributed by atoms with Crippen LogP contribution in [-0.2, 0) is 10.8 Å². The molecule has 0 unspecified atom stereocenters. The van der Waals surface area contributed by atoms with Crippen LogP contribution in [0, 0.1) is 10.1 Å². The third-order valence-electron chi connectivity index (χ3n) is 3.27. The van der Waals surface area contributed by atoms with Crippen molar-refractivity contribution in [1.82, 2.24) is 4.90 Å². The van der Waals surface area contributed by atoms with Crippen LogP contribution in [0.1, 0.15) is 17.3 Å². The fraction of sp³-hybridized carbons (Fsp3) is 0.462. The number of nitro benzene ring substituents is 1. The number of nitrogens with one attached hydrogen (secondary N) is 1. The highest BCUT2D eigenvalue weighted by Gasteiger charge is 2.27. The molecular formula is C13H17N3O4S. The van der Waals surface area contributed by atoms with Gasteiger partial charge >= 0.3 is 0 Å². The maximum Gasteiger partial charge on any atom is 0.282 e. The third-order valence-corrected chi connectivity index (χ3v) is 4.55. The van der Waals surface area contributed by atoms with Gasteiger partial charge in [-0.2, -0.15) is 0 Å². The minimum atomic E-state index is -0.896. The first-order valence-corrected chi connectivity index (χ1v) is 8.18. The molecule has 1 saturated heterocycles. The molecule has 7 nitrogen and oxygen atoms in total. The van der Waals surface area contributed by atoms with E-state index >= 15 is 0 Å². The molecular weight excluding hydrogens is 294 g/mol. The predicted octanol–water partition coefficient (Wildman–Crippen LogP) is 1.23. The molecule has 0 saturated carbocycles. The number of nitrogens with zero attached hydrogens (tertiary/aromatic N) is 2. The Bertz CT molecular complexity index is 581. The van der Waals surface area contributed by atoms with E-state index in [0.29, 0.717) is 36.8 Å². The second-order valence-corrected chi connectivity index (χ2v) is 6.36. The van der Waals surface area contributed by atoms with Crippen LogP contribution in [0.4, 0.5) is 11.4 Å². The standard InChI is InChI=1S/C13H17N3O4S/c1-2-14-10-3-4-12(16(18)19)11(9-10)13(17)15-5-7-21(20)8-6-15/h3-4,9,14H,2,5-8H2,1H3. The molecule has 0 atom stereocenters. The van der Waals surface area contributed by atoms with Crippen molar-refractivity contribution >= 4 is 28.1 Å². The van der Waals surface area contributed by atoms with Crippen LogP contribution in [0.5, 0.6) is 0 Å². The first-order chi connectivity index (χ1) is 10.0. The van der Waals surface area contributed by atoms with Crippen molar-refractivity contribution in [3.63, 3.8) is 0 Å². The van der Waals surface area contributed by atoms with E-state index in [0.717, 1.165) is 0 Å². The lowest BCUT2D eigenvalue weighted by Crippen LogP contribution is -2.42. The van der Waals surface area contributed by atoms with Gasteiger partial charge in [-0.05, 0) is 19.1 Å². The molecule has 1 aliphatic heterocycles. The second-order valence-electron chi connectivity index (χ2n) is 4.66. The Hall–Kier alpha value is -1.96. The number of carbonyl (C=O) groups excluding carboxylic acids is 1. The Labute approximate surface area is 124 Å². The number of nitro groups is 1. The highest BCUT2D eigenvalue weighted by Crippen LogP contribution is 2.24. The molecule has 0 aromatic heterocycles. The third kappa shape index (κ3) is 3.57. The van der Waals surface area contributed by atoms with Gasteiger partial charge in [0.05, 0.1) is 4.92 Å². The van der Waals surface area contributed by atoms with E-state index in [2.05, 4.69) is 5.32 Å². The molecule has 1 aliphatic rings. The zero-order valence-electron chi connectivity index (χ0n) is 11.7. The highest BCUT2D eigenvalue weighted by atomic mass is 32.2. The zero-order valence-corrected chi connectivity index (χ0v) is 12.5. The smallest absolute Gasteiger partial charge is 0.282 e. The van der Waals surface area contributed by atoms with Gasteiger partial charge in [0.25, 0.3) is 11.6 Å². The van der Waals surface area contributed by atoms with Crippen LogP contribution in [0.2, 0.25) is 0 Å². The van der Waals surface area contributed by atoms with Crippen LogP contribution in [0.25, 0.3) is 0 Å². The summed E-state index contributed by atoms with van der Waals surface area (Å²) < 4.78 is 11.3. The zero-order chi connectivity index (χ0) is 15.4. The van der Waals surface area contributed by atoms with Crippen molar-refractivity contribution < 1.29 is 13.9 Å². The van der Waals surface area contributed by atoms with Crippen molar-refractivity contribution in [2.45, 2.75) is 6.92 Å². The maximum atomic E-state index is 12.5. The van der Waals surface area contributed by atoms with E-state index in [1.165, 1.54) is 17.0 Å². The molecule has 114 valence electrons. The first-order valence-electron chi connectivity index (χ1n) is 6.69. The number of hydrogen-bond donors (Lipinski definition) is 1. The largest absolute Gasteiger partial charge is 0.385 e. The van der Waals surface area contributed by atoms with Gasteiger partial charge in [0.2, 0.25) is 0 Å². The average molecular weight is 311 g/mol. The quantitative estimate of drug-likeness (QED) is 0.667. The Balaban J connectivity index is 2.30. The lowest BCUT2D eigenvalue weighted by molar-refractivity contribution is -0.385. The van der Waals surface area contributed by atoms with Gasteiger partial charge in [0, 0.05) is 53.7 Å². The first kappa shape index (κ1) is 15.4. The molecule has 1 amide bonds. The van der Waals surface area contributed by atoms with Gasteiger partial charge in [-0.3, -0.25) is 19.1 Å². The Kier molecular flexibility index (Phi) is 4.89. The fourth-order valence-corrected chi connectivity index (χ4v) is 3.24. The topological polar surface area (TPSA) is 92.6 Å². The van der Waals surface area contributed by atoms with Crippen molar-refractivity contribution in [2.24, 2.45) is 0 Å². The van der Waals surface area contributed by atoms with Crippen molar-refractivity contribution in [3.8, 4) is 0 Å². The van der Waals surface area contributed by atoms with Crippen molar-refractivity contribution in [1.29, 1.82) is 0 Å². The fourth-order valence-electron chi connectivity index (χ4n) is 2.19. The summed E-state index contributed by atoms with van der Waals surface area (Å²) >= 11 is 0. The minimum Gasteiger partial charge on any atom is -0.385 e. The Morgan fingerprint density at radius 3 is 2.67 bits per heavy atom. The summed E-state index contributed by atoms with van der Waals surface area (Å²) in [5.74, 6) is 0.469. The highest BCUT2D eigenvalue weighted by molar-refractivity contribution is 7.85. The van der Waals surface area contributed by atoms with E-state index in [1.54, 1.807) is 6.07 Å². The van der Waals surface area contributed by atoms with E-state index in [1.807, 2.05) is 6.92 Å². The number of amides is 1. The molecule has 1 heterocycles. The van der Waals surface area contributed by atoms with Crippen molar-refractivity contribution in [3.05, 3.63) is 33.9 Å². The normalized spacial score (nSPS) is 15.8. The minimum absolute atomic E-state index is 0.0751. The summed E-state index contributed by atoms with van der Waals surface area (Å²) in [6.07, 6.45) is 0. The number of benzene rings is 1. The number of anilines is 1. The van der Waals surface area contributed by atoms with E-state index < -0.39 is 15.7 Å². The predicted molar refractivity (Wildman–Crippen MR) is 81.0 cm³/mol. The van der Waals surface area contributed by atoms with Gasteiger partial charge in [-0.25, -0.2) is 0 Å². The second kappa shape index (κ2) is 6.66. The van der Waals surface area contributed by atoms with E-state index in [-0.39, 0.29) is 17.2 Å². The van der Waals surface area contributed by atoms with Crippen LogP contribution >= 0.6 is 0 Å². The molecule has 21 heavy (non-hydrogen) atoms. The summed E-state index contributed by atoms with van der Waals surface area (Å²) in [4.78, 5) is 24.6. The summed E-state index contributed by atoms with van der Waals surface area (Å²) in [5.41, 5.74) is 0.548. The SMILES string of the molecule is CCNc1ccc([N+](=O)[O-])c(C(=O)N2CCS(=O)CC2)c1. The van der Waals surface area contributed by atoms with Gasteiger partial charge in [-0.15, -0.1) is 0 Å². The van der Waals surface area contributed by atoms with Gasteiger partial charge in [0.15, 0.2) is 0 Å². The molecule has 1 fully saturated rings. The van der Waals surface area contributed by atoms with Crippen molar-refractivity contribution in [2.75, 3.05) is 36.5 Å². The number of rotatable bonds is 4. The maximum absolute atomic E-state index is 12.5. The Morgan fingerprint density at radius 2 is 2.10 bits per heavy atom. The molecule has 0 radical (unpaired) electrons. The molecule has 8 heteroatoms. The monoisotopic (exact) mass is 311 g/mol. The van der Waals surface area contributed by atoms with Crippen LogP contribution in [-0.4, -0.2) is 51.1 Å². The van der Waals surface area contributed by atoms with Crippen LogP contribution < -0.4 is 5.32 Å². The molecule has 2 rings (SSSR count).